The molecule has 4 heteroatoms. The van der Waals surface area contributed by atoms with E-state index in [0.29, 0.717) is 0 Å². The first-order valence-electron chi connectivity index (χ1n) is 13.9. The number of fused-ring (bicyclic) bond motifs is 10. The monoisotopic (exact) mass is 524 g/mol. The van der Waals surface area contributed by atoms with Crippen molar-refractivity contribution in [1.82, 2.24) is 9.13 Å². The minimum atomic E-state index is 0.175. The summed E-state index contributed by atoms with van der Waals surface area (Å²) in [6.45, 7) is 0.175. The van der Waals surface area contributed by atoms with Crippen LogP contribution in [-0.4, -0.2) is 15.8 Å². The topological polar surface area (TPSA) is 9.86 Å². The number of nitrogens with zero attached hydrogens (tertiary/aromatic N) is 2. The van der Waals surface area contributed by atoms with Gasteiger partial charge in [-0.2, -0.15) is 0 Å². The van der Waals surface area contributed by atoms with Gasteiger partial charge >= 0.3 is 0 Å². The van der Waals surface area contributed by atoms with Crippen LogP contribution in [0.15, 0.2) is 121 Å². The Morgan fingerprint density at radius 1 is 0.475 bits per heavy atom. The van der Waals surface area contributed by atoms with Gasteiger partial charge in [0.15, 0.2) is 0 Å². The van der Waals surface area contributed by atoms with Crippen molar-refractivity contribution in [2.75, 3.05) is 0 Å². The maximum absolute atomic E-state index is 2.81. The van der Waals surface area contributed by atoms with E-state index in [4.69, 9.17) is 0 Å². The number of benzene rings is 6. The normalized spacial score (nSPS) is 13.1. The van der Waals surface area contributed by atoms with E-state index in [9.17, 15) is 0 Å². The van der Waals surface area contributed by atoms with Gasteiger partial charge in [-0.15, -0.1) is 9.24 Å². The molecule has 2 aliphatic rings. The van der Waals surface area contributed by atoms with Gasteiger partial charge in [0.25, 0.3) is 6.71 Å². The van der Waals surface area contributed by atoms with Crippen molar-refractivity contribution in [3.05, 3.63) is 121 Å². The molecule has 6 aromatic carbocycles. The maximum atomic E-state index is 2.81. The molecule has 10 rings (SSSR count). The van der Waals surface area contributed by atoms with Crippen LogP contribution in [0.1, 0.15) is 0 Å². The molecule has 0 spiro atoms. The molecule has 0 radical (unpaired) electrons. The maximum Gasteiger partial charge on any atom is 0.252 e. The van der Waals surface area contributed by atoms with E-state index in [-0.39, 0.29) is 6.71 Å². The van der Waals surface area contributed by atoms with E-state index in [2.05, 4.69) is 140 Å². The molecule has 2 nitrogen and oxygen atoms in total. The summed E-state index contributed by atoms with van der Waals surface area (Å²) in [5.41, 5.74) is 14.5. The highest BCUT2D eigenvalue weighted by Crippen LogP contribution is 2.40. The second-order valence-corrected chi connectivity index (χ2v) is 11.8. The van der Waals surface area contributed by atoms with Gasteiger partial charge in [0.05, 0.1) is 11.0 Å². The van der Waals surface area contributed by atoms with Crippen LogP contribution in [0, 0.1) is 0 Å². The Labute approximate surface area is 233 Å². The fourth-order valence-electron chi connectivity index (χ4n) is 7.67. The molecule has 0 aliphatic carbocycles. The summed E-state index contributed by atoms with van der Waals surface area (Å²) in [6, 6.07) is 45.3. The van der Waals surface area contributed by atoms with E-state index in [1.54, 1.807) is 0 Å². The third-order valence-corrected chi connectivity index (χ3v) is 9.61. The number of para-hydroxylation sites is 4. The summed E-state index contributed by atoms with van der Waals surface area (Å²) < 4.78 is 5.08. The van der Waals surface area contributed by atoms with E-state index in [0.717, 1.165) is 0 Å². The summed E-state index contributed by atoms with van der Waals surface area (Å²) in [5.74, 6) is 0. The SMILES string of the molecule is Pc1ccc(-c2cc3c4c(c2)-n2c5ccccc5c5cccc(c52)B4c2cccc4c5ccccc5n-3c24)cc1. The van der Waals surface area contributed by atoms with Gasteiger partial charge in [0.1, 0.15) is 0 Å². The molecule has 184 valence electrons. The molecule has 1 atom stereocenters. The quantitative estimate of drug-likeness (QED) is 0.179. The van der Waals surface area contributed by atoms with Crippen molar-refractivity contribution in [2.24, 2.45) is 0 Å². The van der Waals surface area contributed by atoms with Crippen molar-refractivity contribution in [3.63, 3.8) is 0 Å². The second-order valence-electron chi connectivity index (χ2n) is 11.2. The third-order valence-electron chi connectivity index (χ3n) is 9.22. The minimum absolute atomic E-state index is 0.175. The van der Waals surface area contributed by atoms with Crippen LogP contribution in [-0.2, 0) is 0 Å². The Kier molecular flexibility index (Phi) is 3.90. The lowest BCUT2D eigenvalue weighted by Gasteiger charge is -2.34. The molecule has 40 heavy (non-hydrogen) atoms. The van der Waals surface area contributed by atoms with Gasteiger partial charge in [0.2, 0.25) is 0 Å². The zero-order valence-corrected chi connectivity index (χ0v) is 22.8. The van der Waals surface area contributed by atoms with Crippen LogP contribution in [0.3, 0.4) is 0 Å². The van der Waals surface area contributed by atoms with Crippen LogP contribution >= 0.6 is 9.24 Å². The zero-order chi connectivity index (χ0) is 26.1. The van der Waals surface area contributed by atoms with Gasteiger partial charge in [0, 0.05) is 44.0 Å². The van der Waals surface area contributed by atoms with Crippen molar-refractivity contribution >= 4 is 81.3 Å². The van der Waals surface area contributed by atoms with Gasteiger partial charge in [-0.3, -0.25) is 0 Å². The Morgan fingerprint density at radius 2 is 0.975 bits per heavy atom. The zero-order valence-electron chi connectivity index (χ0n) is 21.6. The lowest BCUT2D eigenvalue weighted by molar-refractivity contribution is 1.14. The summed E-state index contributed by atoms with van der Waals surface area (Å²) in [7, 11) is 2.81. The lowest BCUT2D eigenvalue weighted by Crippen LogP contribution is -2.59. The molecule has 2 aromatic heterocycles. The van der Waals surface area contributed by atoms with Crippen LogP contribution in [0.2, 0.25) is 0 Å². The summed E-state index contributed by atoms with van der Waals surface area (Å²) in [6.07, 6.45) is 0. The Hall–Kier alpha value is -4.59. The third kappa shape index (κ3) is 2.46. The molecule has 2 aliphatic heterocycles. The largest absolute Gasteiger partial charge is 0.310 e. The first-order valence-corrected chi connectivity index (χ1v) is 14.4. The second kappa shape index (κ2) is 7.33. The number of aromatic nitrogens is 2. The minimum Gasteiger partial charge on any atom is -0.310 e. The van der Waals surface area contributed by atoms with Crippen LogP contribution in [0.5, 0.6) is 0 Å². The van der Waals surface area contributed by atoms with Crippen molar-refractivity contribution in [2.45, 2.75) is 0 Å². The lowest BCUT2D eigenvalue weighted by atomic mass is 9.34. The van der Waals surface area contributed by atoms with E-state index >= 15 is 0 Å². The van der Waals surface area contributed by atoms with Crippen LogP contribution < -0.4 is 21.7 Å². The van der Waals surface area contributed by atoms with E-state index in [1.165, 1.54) is 87.8 Å². The molecule has 0 saturated carbocycles. The first-order chi connectivity index (χ1) is 19.8. The van der Waals surface area contributed by atoms with Crippen LogP contribution in [0.4, 0.5) is 0 Å². The molecule has 0 saturated heterocycles. The van der Waals surface area contributed by atoms with Gasteiger partial charge in [-0.25, -0.2) is 0 Å². The fourth-order valence-corrected chi connectivity index (χ4v) is 7.86. The van der Waals surface area contributed by atoms with E-state index < -0.39 is 0 Å². The Morgan fingerprint density at radius 3 is 1.52 bits per heavy atom. The highest BCUT2D eigenvalue weighted by Gasteiger charge is 2.40. The molecule has 0 amide bonds. The number of rotatable bonds is 1. The number of hydrogen-bond acceptors (Lipinski definition) is 0. The summed E-state index contributed by atoms with van der Waals surface area (Å²) in [4.78, 5) is 0. The summed E-state index contributed by atoms with van der Waals surface area (Å²) in [5, 5.41) is 6.48. The predicted molar refractivity (Wildman–Crippen MR) is 175 cm³/mol. The van der Waals surface area contributed by atoms with Crippen molar-refractivity contribution in [3.8, 4) is 22.5 Å². The Balaban J connectivity index is 1.47. The summed E-state index contributed by atoms with van der Waals surface area (Å²) >= 11 is 0. The van der Waals surface area contributed by atoms with Gasteiger partial charge in [-0.05, 0) is 57.1 Å². The van der Waals surface area contributed by atoms with Crippen LogP contribution in [0.25, 0.3) is 66.1 Å². The van der Waals surface area contributed by atoms with Crippen molar-refractivity contribution in [1.29, 1.82) is 0 Å². The highest BCUT2D eigenvalue weighted by atomic mass is 31.0. The van der Waals surface area contributed by atoms with Gasteiger partial charge in [-0.1, -0.05) is 97.1 Å². The molecular weight excluding hydrogens is 502 g/mol. The average Bonchev–Trinajstić information content (AvgIpc) is 3.52. The molecule has 0 N–H and O–H groups in total. The molecular formula is C36H22BN2P. The fraction of sp³-hybridized carbons (Fsp3) is 0. The molecule has 0 bridgehead atoms. The smallest absolute Gasteiger partial charge is 0.252 e. The molecule has 1 unspecified atom stereocenters. The standard InChI is InChI=1S/C36H22BN2P/c40-23-17-15-21(16-18-23)22-19-32-34-33(20-22)39-31-14-4-2-8-25(31)27-10-6-12-29(36(27)39)37(34)28-11-5-9-26-24-7-1-3-13-30(24)38(32)35(26)28/h1-20H,40H2. The number of hydrogen-bond donors (Lipinski definition) is 0. The molecule has 0 fully saturated rings. The Bertz CT molecular complexity index is 2250. The van der Waals surface area contributed by atoms with Gasteiger partial charge < -0.3 is 9.13 Å². The predicted octanol–water partition coefficient (Wildman–Crippen LogP) is 6.19. The average molecular weight is 524 g/mol. The molecule has 8 aromatic rings. The van der Waals surface area contributed by atoms with E-state index in [1.807, 2.05) is 0 Å². The highest BCUT2D eigenvalue weighted by molar-refractivity contribution is 7.27. The molecule has 4 heterocycles. The van der Waals surface area contributed by atoms with Crippen molar-refractivity contribution < 1.29 is 0 Å². The first kappa shape index (κ1) is 21.3.